The molecule has 0 aromatic heterocycles. The predicted molar refractivity (Wildman–Crippen MR) is 63.1 cm³/mol. The molecular formula is C8H16NO5PS. The summed E-state index contributed by atoms with van der Waals surface area (Å²) in [6.45, 7) is 1.54. The van der Waals surface area contributed by atoms with Crippen LogP contribution in [-0.2, 0) is 22.9 Å². The van der Waals surface area contributed by atoms with Gasteiger partial charge in [0, 0.05) is 33.2 Å². The van der Waals surface area contributed by atoms with Gasteiger partial charge in [0.05, 0.1) is 0 Å². The molecule has 0 aromatic rings. The molecule has 0 aliphatic heterocycles. The maximum Gasteiger partial charge on any atom is 0.529 e. The van der Waals surface area contributed by atoms with E-state index in [1.54, 1.807) is 0 Å². The van der Waals surface area contributed by atoms with Crippen LogP contribution in [-0.4, -0.2) is 39.1 Å². The van der Waals surface area contributed by atoms with E-state index >= 15 is 0 Å². The molecule has 8 heteroatoms. The summed E-state index contributed by atoms with van der Waals surface area (Å²) in [5.74, 6) is -0.637. The van der Waals surface area contributed by atoms with Gasteiger partial charge < -0.3 is 9.42 Å². The number of hydrogen-bond donors (Lipinski definition) is 1. The fourth-order valence-corrected chi connectivity index (χ4v) is 1.67. The molecule has 0 atom stereocenters. The highest BCUT2D eigenvalue weighted by molar-refractivity contribution is 7.84. The molecule has 0 saturated heterocycles. The Morgan fingerprint density at radius 3 is 1.94 bits per heavy atom. The summed E-state index contributed by atoms with van der Waals surface area (Å²) in [4.78, 5) is 13.2. The quantitative estimate of drug-likeness (QED) is 0.356. The van der Waals surface area contributed by atoms with E-state index in [2.05, 4.69) is 21.7 Å². The van der Waals surface area contributed by atoms with E-state index in [0.717, 1.165) is 14.2 Å². The molecule has 16 heavy (non-hydrogen) atoms. The highest BCUT2D eigenvalue weighted by atomic mass is 32.1. The minimum atomic E-state index is -3.74. The Balaban J connectivity index is 5.09. The average molecular weight is 269 g/mol. The molecule has 0 rings (SSSR count). The van der Waals surface area contributed by atoms with Gasteiger partial charge in [0.25, 0.3) is 5.91 Å². The van der Waals surface area contributed by atoms with Crippen LogP contribution in [0.25, 0.3) is 0 Å². The Morgan fingerprint density at radius 1 is 1.25 bits per heavy atom. The first-order valence-corrected chi connectivity index (χ1v) is 6.20. The molecular weight excluding hydrogens is 253 g/mol. The van der Waals surface area contributed by atoms with E-state index in [1.165, 1.54) is 25.9 Å². The maximum absolute atomic E-state index is 11.7. The zero-order chi connectivity index (χ0) is 12.9. The molecule has 0 bridgehead atoms. The topological polar surface area (TPSA) is 65.1 Å². The number of carbonyl (C=O) groups excluding carboxylic acids is 1. The lowest BCUT2D eigenvalue weighted by atomic mass is 10.4. The van der Waals surface area contributed by atoms with E-state index in [4.69, 9.17) is 4.52 Å². The second-order valence-electron chi connectivity index (χ2n) is 3.02. The van der Waals surface area contributed by atoms with Gasteiger partial charge in [-0.3, -0.25) is 13.8 Å². The first kappa shape index (κ1) is 15.5. The number of likely N-dealkylation sites (N-methyl/N-ethyl adjacent to an activating group) is 1. The molecule has 0 aliphatic rings. The summed E-state index contributed by atoms with van der Waals surface area (Å²) in [5, 5.41) is 0. The van der Waals surface area contributed by atoms with Gasteiger partial charge in [-0.05, 0) is 6.92 Å². The lowest BCUT2D eigenvalue weighted by Gasteiger charge is -2.19. The van der Waals surface area contributed by atoms with Crippen LogP contribution in [0.1, 0.15) is 6.92 Å². The van der Waals surface area contributed by atoms with Crippen molar-refractivity contribution in [2.24, 2.45) is 0 Å². The van der Waals surface area contributed by atoms with Crippen molar-refractivity contribution in [1.82, 2.24) is 4.90 Å². The van der Waals surface area contributed by atoms with E-state index in [1.807, 2.05) is 0 Å². The molecule has 0 spiro atoms. The van der Waals surface area contributed by atoms with Gasteiger partial charge in [0.15, 0.2) is 0 Å². The van der Waals surface area contributed by atoms with Gasteiger partial charge in [-0.15, -0.1) is 12.6 Å². The Hall–Kier alpha value is -0.490. The normalized spacial score (nSPS) is 13.1. The Kier molecular flexibility index (Phi) is 6.10. The maximum atomic E-state index is 11.7. The van der Waals surface area contributed by atoms with Gasteiger partial charge in [0.2, 0.25) is 5.76 Å². The Bertz CT molecular complexity index is 329. The van der Waals surface area contributed by atoms with Gasteiger partial charge in [-0.1, -0.05) is 0 Å². The number of allylic oxidation sites excluding steroid dienone is 1. The fourth-order valence-electron chi connectivity index (χ4n) is 0.724. The summed E-state index contributed by atoms with van der Waals surface area (Å²) < 4.78 is 25.8. The number of hydrogen-bond acceptors (Lipinski definition) is 6. The molecule has 0 saturated carbocycles. The fraction of sp³-hybridized carbons (Fsp3) is 0.625. The number of carbonyl (C=O) groups is 1. The third-order valence-electron chi connectivity index (χ3n) is 1.58. The lowest BCUT2D eigenvalue weighted by Crippen LogP contribution is -2.25. The third kappa shape index (κ3) is 4.17. The number of amides is 1. The van der Waals surface area contributed by atoms with Crippen molar-refractivity contribution in [3.05, 3.63) is 10.7 Å². The third-order valence-corrected chi connectivity index (χ3v) is 3.08. The lowest BCUT2D eigenvalue weighted by molar-refractivity contribution is -0.127. The second-order valence-corrected chi connectivity index (χ2v) is 5.50. The molecule has 0 N–H and O–H groups in total. The van der Waals surface area contributed by atoms with Crippen LogP contribution in [0.5, 0.6) is 0 Å². The van der Waals surface area contributed by atoms with Crippen molar-refractivity contribution < 1.29 is 22.9 Å². The first-order valence-electron chi connectivity index (χ1n) is 4.30. The monoisotopic (exact) mass is 269 g/mol. The van der Waals surface area contributed by atoms with Crippen LogP contribution in [0.15, 0.2) is 10.7 Å². The molecule has 0 fully saturated rings. The van der Waals surface area contributed by atoms with E-state index in [-0.39, 0.29) is 10.7 Å². The molecule has 1 amide bonds. The van der Waals surface area contributed by atoms with Crippen LogP contribution in [0.3, 0.4) is 0 Å². The molecule has 0 radical (unpaired) electrons. The molecule has 0 aliphatic carbocycles. The number of phosphoric acid groups is 1. The van der Waals surface area contributed by atoms with Crippen molar-refractivity contribution in [3.8, 4) is 0 Å². The van der Waals surface area contributed by atoms with Crippen LogP contribution in [0.2, 0.25) is 0 Å². The summed E-state index contributed by atoms with van der Waals surface area (Å²) in [6, 6.07) is 0. The molecule has 0 aromatic carbocycles. The zero-order valence-corrected chi connectivity index (χ0v) is 11.7. The highest BCUT2D eigenvalue weighted by Crippen LogP contribution is 2.50. The van der Waals surface area contributed by atoms with Crippen molar-refractivity contribution >= 4 is 26.4 Å². The number of phosphoric ester groups is 1. The van der Waals surface area contributed by atoms with Crippen molar-refractivity contribution in [2.45, 2.75) is 6.92 Å². The van der Waals surface area contributed by atoms with Crippen LogP contribution in [0.4, 0.5) is 0 Å². The van der Waals surface area contributed by atoms with Crippen LogP contribution < -0.4 is 0 Å². The molecule has 6 nitrogen and oxygen atoms in total. The zero-order valence-electron chi connectivity index (χ0n) is 9.88. The Labute approximate surface area is 101 Å². The highest BCUT2D eigenvalue weighted by Gasteiger charge is 2.30. The number of rotatable bonds is 5. The summed E-state index contributed by atoms with van der Waals surface area (Å²) in [7, 11) is 1.66. The number of thiol groups is 1. The minimum Gasteiger partial charge on any atom is -0.397 e. The predicted octanol–water partition coefficient (Wildman–Crippen LogP) is 1.65. The van der Waals surface area contributed by atoms with E-state index in [9.17, 15) is 9.36 Å². The minimum absolute atomic E-state index is 0.166. The van der Waals surface area contributed by atoms with Gasteiger partial charge in [-0.25, -0.2) is 4.57 Å². The van der Waals surface area contributed by atoms with Gasteiger partial charge >= 0.3 is 7.82 Å². The van der Waals surface area contributed by atoms with Crippen LogP contribution in [0, 0.1) is 0 Å². The van der Waals surface area contributed by atoms with E-state index < -0.39 is 13.7 Å². The largest absolute Gasteiger partial charge is 0.529 e. The summed E-state index contributed by atoms with van der Waals surface area (Å²) in [5.41, 5.74) is 0. The smallest absolute Gasteiger partial charge is 0.397 e. The van der Waals surface area contributed by atoms with Crippen molar-refractivity contribution in [3.63, 3.8) is 0 Å². The van der Waals surface area contributed by atoms with Gasteiger partial charge in [-0.2, -0.15) is 0 Å². The molecule has 0 heterocycles. The first-order chi connectivity index (χ1) is 7.27. The van der Waals surface area contributed by atoms with Gasteiger partial charge in [0.1, 0.15) is 0 Å². The Morgan fingerprint density at radius 2 is 1.69 bits per heavy atom. The average Bonchev–Trinajstić information content (AvgIpc) is 2.24. The SMILES string of the molecule is COP(=O)(OC)OC(C(=O)N(C)C)=C(C)S. The van der Waals surface area contributed by atoms with Crippen molar-refractivity contribution in [1.29, 1.82) is 0 Å². The molecule has 0 unspecified atom stereocenters. The van der Waals surface area contributed by atoms with Crippen LogP contribution >= 0.6 is 20.5 Å². The summed E-state index contributed by atoms with van der Waals surface area (Å²) >= 11 is 3.99. The standard InChI is InChI=1S/C8H16NO5PS/c1-6(16)7(8(10)9(2)3)14-15(11,12-4)13-5/h16H,1-5H3. The van der Waals surface area contributed by atoms with Crippen molar-refractivity contribution in [2.75, 3.05) is 28.3 Å². The second kappa shape index (κ2) is 6.30. The molecule has 94 valence electrons. The summed E-state index contributed by atoms with van der Waals surface area (Å²) in [6.07, 6.45) is 0. The van der Waals surface area contributed by atoms with E-state index in [0.29, 0.717) is 0 Å². The number of nitrogens with zero attached hydrogens (tertiary/aromatic N) is 1.